The molecule has 25 heavy (non-hydrogen) atoms. The first kappa shape index (κ1) is 23.3. The predicted molar refractivity (Wildman–Crippen MR) is 119 cm³/mol. The average molecular weight is 385 g/mol. The molecule has 0 spiro atoms. The van der Waals surface area contributed by atoms with Gasteiger partial charge in [0.1, 0.15) is 0 Å². The lowest BCUT2D eigenvalue weighted by atomic mass is 9.86. The van der Waals surface area contributed by atoms with Crippen LogP contribution in [0.2, 0.25) is 19.6 Å². The first-order chi connectivity index (χ1) is 11.9. The van der Waals surface area contributed by atoms with Gasteiger partial charge in [-0.1, -0.05) is 96.8 Å². The third kappa shape index (κ3) is 10.9. The highest BCUT2D eigenvalue weighted by Crippen LogP contribution is 2.33. The summed E-state index contributed by atoms with van der Waals surface area (Å²) in [5.41, 5.74) is -0.449. The van der Waals surface area contributed by atoms with Crippen LogP contribution in [-0.2, 0) is 0 Å². The van der Waals surface area contributed by atoms with Crippen LogP contribution in [0.3, 0.4) is 0 Å². The molecule has 0 saturated heterocycles. The van der Waals surface area contributed by atoms with Crippen molar-refractivity contribution in [2.24, 2.45) is 0 Å². The summed E-state index contributed by atoms with van der Waals surface area (Å²) in [5, 5.41) is 11.3. The number of thioether (sulfide) groups is 1. The molecule has 1 fully saturated rings. The van der Waals surface area contributed by atoms with Gasteiger partial charge >= 0.3 is 0 Å². The van der Waals surface area contributed by atoms with Crippen LogP contribution < -0.4 is 0 Å². The highest BCUT2D eigenvalue weighted by atomic mass is 32.2. The second-order valence-electron chi connectivity index (χ2n) is 9.13. The highest BCUT2D eigenvalue weighted by Gasteiger charge is 2.27. The number of aliphatic hydroxyl groups is 1. The first-order valence-corrected chi connectivity index (χ1v) is 15.4. The molecule has 1 aliphatic carbocycles. The minimum absolute atomic E-state index is 0.449. The number of rotatable bonds is 7. The second-order valence-corrected chi connectivity index (χ2v) is 15.7. The Morgan fingerprint density at radius 1 is 0.920 bits per heavy atom. The summed E-state index contributed by atoms with van der Waals surface area (Å²) in [6, 6.07) is 0. The van der Waals surface area contributed by atoms with E-state index in [1.807, 2.05) is 0 Å². The zero-order valence-electron chi connectivity index (χ0n) is 17.5. The first-order valence-electron chi connectivity index (χ1n) is 10.9. The lowest BCUT2D eigenvalue weighted by Crippen LogP contribution is -2.29. The molecule has 0 unspecified atom stereocenters. The molecule has 0 aromatic heterocycles. The molecule has 1 rings (SSSR count). The van der Waals surface area contributed by atoms with Gasteiger partial charge in [-0.3, -0.25) is 0 Å². The fourth-order valence-electron chi connectivity index (χ4n) is 3.67. The Morgan fingerprint density at radius 3 is 1.84 bits per heavy atom. The maximum Gasteiger partial charge on any atom is 0.0853 e. The Labute approximate surface area is 163 Å². The summed E-state index contributed by atoms with van der Waals surface area (Å²) < 4.78 is 1.61. The molecular weight excluding hydrogens is 340 g/mol. The largest absolute Gasteiger partial charge is 0.390 e. The van der Waals surface area contributed by atoms with Gasteiger partial charge in [0.05, 0.1) is 13.7 Å². The van der Waals surface area contributed by atoms with Crippen molar-refractivity contribution in [3.05, 3.63) is 10.6 Å². The highest BCUT2D eigenvalue weighted by molar-refractivity contribution is 8.05. The normalized spacial score (nSPS) is 21.4. The van der Waals surface area contributed by atoms with Gasteiger partial charge in [-0.15, -0.1) is 11.8 Å². The van der Waals surface area contributed by atoms with Gasteiger partial charge in [-0.2, -0.15) is 0 Å². The zero-order chi connectivity index (χ0) is 18.6. The van der Waals surface area contributed by atoms with E-state index < -0.39 is 13.7 Å². The second kappa shape index (κ2) is 12.6. The summed E-state index contributed by atoms with van der Waals surface area (Å²) in [6.45, 7) is 9.61. The van der Waals surface area contributed by atoms with Crippen molar-refractivity contribution in [3.63, 3.8) is 0 Å². The molecular formula is C22H44OSSi. The summed E-state index contributed by atoms with van der Waals surface area (Å²) in [4.78, 5) is 0. The molecule has 1 aliphatic rings. The third-order valence-electron chi connectivity index (χ3n) is 5.45. The van der Waals surface area contributed by atoms with E-state index in [-0.39, 0.29) is 0 Å². The molecule has 0 aromatic rings. The molecule has 0 radical (unpaired) electrons. The van der Waals surface area contributed by atoms with Crippen molar-refractivity contribution >= 4 is 19.8 Å². The Hall–Kier alpha value is 0.267. The van der Waals surface area contributed by atoms with E-state index >= 15 is 0 Å². The maximum atomic E-state index is 11.3. The Kier molecular flexibility index (Phi) is 11.8. The van der Waals surface area contributed by atoms with Crippen LogP contribution in [0.5, 0.6) is 0 Å². The van der Waals surface area contributed by atoms with Gasteiger partial charge < -0.3 is 5.11 Å². The number of hydrogen-bond donors (Lipinski definition) is 1. The van der Waals surface area contributed by atoms with E-state index in [0.717, 1.165) is 19.3 Å². The van der Waals surface area contributed by atoms with Crippen molar-refractivity contribution in [2.75, 3.05) is 5.75 Å². The van der Waals surface area contributed by atoms with E-state index in [9.17, 15) is 5.11 Å². The predicted octanol–water partition coefficient (Wildman–Crippen LogP) is 7.71. The van der Waals surface area contributed by atoms with Crippen LogP contribution >= 0.6 is 11.8 Å². The minimum Gasteiger partial charge on any atom is -0.390 e. The third-order valence-corrected chi connectivity index (χ3v) is 10.4. The lowest BCUT2D eigenvalue weighted by molar-refractivity contribution is 0.0203. The minimum atomic E-state index is -1.30. The molecule has 0 aliphatic heterocycles. The van der Waals surface area contributed by atoms with Gasteiger partial charge in [0.2, 0.25) is 0 Å². The van der Waals surface area contributed by atoms with E-state index in [0.29, 0.717) is 0 Å². The summed E-state index contributed by atoms with van der Waals surface area (Å²) in [7, 11) is -1.30. The van der Waals surface area contributed by atoms with Crippen LogP contribution in [0.15, 0.2) is 10.6 Å². The van der Waals surface area contributed by atoms with Crippen LogP contribution in [0.4, 0.5) is 0 Å². The summed E-state index contributed by atoms with van der Waals surface area (Å²) in [5.74, 6) is 1.24. The monoisotopic (exact) mass is 384 g/mol. The fourth-order valence-corrected chi connectivity index (χ4v) is 7.27. The molecule has 1 nitrogen and oxygen atoms in total. The van der Waals surface area contributed by atoms with Crippen LogP contribution in [0, 0.1) is 0 Å². The van der Waals surface area contributed by atoms with Gasteiger partial charge in [0.15, 0.2) is 0 Å². The lowest BCUT2D eigenvalue weighted by Gasteiger charge is -2.29. The van der Waals surface area contributed by atoms with Gasteiger partial charge in [0.25, 0.3) is 0 Å². The molecule has 0 amide bonds. The van der Waals surface area contributed by atoms with Crippen molar-refractivity contribution in [2.45, 2.75) is 122 Å². The zero-order valence-corrected chi connectivity index (χ0v) is 19.4. The summed E-state index contributed by atoms with van der Waals surface area (Å²) >= 11 is 2.07. The molecule has 1 N–H and O–H groups in total. The topological polar surface area (TPSA) is 20.2 Å². The molecule has 0 heterocycles. The molecule has 1 saturated carbocycles. The van der Waals surface area contributed by atoms with Crippen molar-refractivity contribution in [3.8, 4) is 0 Å². The van der Waals surface area contributed by atoms with E-state index in [1.54, 1.807) is 4.53 Å². The smallest absolute Gasteiger partial charge is 0.0853 e. The summed E-state index contributed by atoms with van der Waals surface area (Å²) in [6.07, 6.45) is 19.8. The van der Waals surface area contributed by atoms with Crippen molar-refractivity contribution in [1.29, 1.82) is 0 Å². The Morgan fingerprint density at radius 2 is 1.40 bits per heavy atom. The Bertz CT molecular complexity index is 361. The van der Waals surface area contributed by atoms with Gasteiger partial charge in [0, 0.05) is 0 Å². The van der Waals surface area contributed by atoms with E-state index in [2.05, 4.69) is 44.4 Å². The number of unbranched alkanes of at least 4 members (excludes halogenated alkanes) is 1. The fraction of sp³-hybridized carbons (Fsp3) is 0.909. The molecule has 0 aromatic carbocycles. The average Bonchev–Trinajstić information content (AvgIpc) is 2.53. The van der Waals surface area contributed by atoms with Gasteiger partial charge in [-0.05, 0) is 36.0 Å². The standard InChI is InChI=1S/C22H44OSSi/c1-5-6-20-24-21(25(2,3)4)16-19-22(23)17-14-12-10-8-7-9-11-13-15-18-22/h16,23H,5-15,17-20H2,1-4H3. The van der Waals surface area contributed by atoms with Crippen LogP contribution in [-0.4, -0.2) is 24.5 Å². The molecule has 148 valence electrons. The molecule has 0 bridgehead atoms. The molecule has 0 atom stereocenters. The molecule has 3 heteroatoms. The van der Waals surface area contributed by atoms with Crippen LogP contribution in [0.1, 0.15) is 96.8 Å². The number of hydrogen-bond acceptors (Lipinski definition) is 2. The van der Waals surface area contributed by atoms with Crippen molar-refractivity contribution < 1.29 is 5.11 Å². The van der Waals surface area contributed by atoms with Crippen molar-refractivity contribution in [1.82, 2.24) is 0 Å². The van der Waals surface area contributed by atoms with E-state index in [1.165, 1.54) is 76.4 Å². The Balaban J connectivity index is 2.68. The quantitative estimate of drug-likeness (QED) is 0.358. The SMILES string of the molecule is CCCCSC(=CCC1(O)CCCCCCCCCCC1)[Si](C)(C)C. The van der Waals surface area contributed by atoms with E-state index in [4.69, 9.17) is 0 Å². The van der Waals surface area contributed by atoms with Crippen LogP contribution in [0.25, 0.3) is 0 Å². The van der Waals surface area contributed by atoms with Gasteiger partial charge in [-0.25, -0.2) is 0 Å². The maximum absolute atomic E-state index is 11.3.